The minimum atomic E-state index is -0.355. The van der Waals surface area contributed by atoms with Crippen LogP contribution in [-0.4, -0.2) is 18.7 Å². The molecule has 0 amide bonds. The first-order valence-electron chi connectivity index (χ1n) is 4.34. The quantitative estimate of drug-likeness (QED) is 0.543. The Balaban J connectivity index is 2.73. The Labute approximate surface area is 82.2 Å². The topological polar surface area (TPSA) is 60.2 Å². The normalized spacial score (nSPS) is 12.8. The molecule has 0 saturated heterocycles. The van der Waals surface area contributed by atoms with E-state index in [1.165, 1.54) is 12.4 Å². The van der Waals surface area contributed by atoms with Gasteiger partial charge in [0, 0.05) is 25.5 Å². The number of methoxy groups -OCH3 is 1. The van der Waals surface area contributed by atoms with Crippen molar-refractivity contribution < 1.29 is 9.13 Å². The van der Waals surface area contributed by atoms with Crippen molar-refractivity contribution in [2.75, 3.05) is 13.7 Å². The van der Waals surface area contributed by atoms with E-state index < -0.39 is 0 Å². The third-order valence-corrected chi connectivity index (χ3v) is 1.99. The average molecular weight is 199 g/mol. The number of ether oxygens (including phenoxy) is 1. The molecule has 1 rings (SSSR count). The molecule has 3 N–H and O–H groups in total. The second-order valence-corrected chi connectivity index (χ2v) is 2.90. The Morgan fingerprint density at radius 2 is 2.50 bits per heavy atom. The van der Waals surface area contributed by atoms with Gasteiger partial charge in [-0.15, -0.1) is 0 Å². The van der Waals surface area contributed by atoms with Gasteiger partial charge in [-0.1, -0.05) is 0 Å². The molecule has 0 spiro atoms. The van der Waals surface area contributed by atoms with E-state index in [9.17, 15) is 4.39 Å². The van der Waals surface area contributed by atoms with Crippen molar-refractivity contribution in [3.8, 4) is 0 Å². The highest BCUT2D eigenvalue weighted by molar-refractivity contribution is 5.17. The summed E-state index contributed by atoms with van der Waals surface area (Å²) in [6.45, 7) is 0.524. The zero-order valence-electron chi connectivity index (χ0n) is 8.03. The molecule has 1 atom stereocenters. The number of hydrazine groups is 1. The van der Waals surface area contributed by atoms with Crippen LogP contribution in [0.2, 0.25) is 0 Å². The minimum Gasteiger partial charge on any atom is -0.385 e. The number of nitrogens with one attached hydrogen (secondary N) is 1. The molecule has 0 fully saturated rings. The second-order valence-electron chi connectivity index (χ2n) is 2.90. The van der Waals surface area contributed by atoms with Gasteiger partial charge in [0.25, 0.3) is 0 Å². The molecule has 0 aromatic carbocycles. The Morgan fingerprint density at radius 3 is 3.07 bits per heavy atom. The maximum atomic E-state index is 13.3. The summed E-state index contributed by atoms with van der Waals surface area (Å²) in [7, 11) is 1.59. The number of aromatic nitrogens is 1. The van der Waals surface area contributed by atoms with E-state index in [0.29, 0.717) is 18.6 Å². The van der Waals surface area contributed by atoms with Crippen LogP contribution in [0.1, 0.15) is 18.0 Å². The summed E-state index contributed by atoms with van der Waals surface area (Å²) in [6.07, 6.45) is 3.33. The lowest BCUT2D eigenvalue weighted by atomic mass is 10.1. The molecular weight excluding hydrogens is 185 g/mol. The number of rotatable bonds is 5. The SMILES string of the molecule is COCCC(NN)c1ccncc1F. The predicted molar refractivity (Wildman–Crippen MR) is 50.8 cm³/mol. The highest BCUT2D eigenvalue weighted by Crippen LogP contribution is 2.17. The smallest absolute Gasteiger partial charge is 0.146 e. The predicted octanol–water partition coefficient (Wildman–Crippen LogP) is 0.762. The van der Waals surface area contributed by atoms with E-state index in [1.54, 1.807) is 13.2 Å². The Morgan fingerprint density at radius 1 is 1.71 bits per heavy atom. The van der Waals surface area contributed by atoms with Crippen LogP contribution in [0.4, 0.5) is 4.39 Å². The first-order valence-corrected chi connectivity index (χ1v) is 4.34. The molecule has 5 heteroatoms. The Bertz CT molecular complexity index is 283. The van der Waals surface area contributed by atoms with Crippen LogP contribution in [0.25, 0.3) is 0 Å². The summed E-state index contributed by atoms with van der Waals surface area (Å²) in [4.78, 5) is 3.67. The molecule has 0 bridgehead atoms. The fraction of sp³-hybridized carbons (Fsp3) is 0.444. The van der Waals surface area contributed by atoms with Crippen molar-refractivity contribution >= 4 is 0 Å². The lowest BCUT2D eigenvalue weighted by molar-refractivity contribution is 0.182. The molecule has 4 nitrogen and oxygen atoms in total. The lowest BCUT2D eigenvalue weighted by Gasteiger charge is -2.15. The Hall–Kier alpha value is -1.04. The monoisotopic (exact) mass is 199 g/mol. The molecule has 1 aromatic heterocycles. The number of halogens is 1. The number of nitrogens with two attached hydrogens (primary N) is 1. The Kier molecular flexibility index (Phi) is 4.45. The number of hydrogen-bond donors (Lipinski definition) is 2. The zero-order chi connectivity index (χ0) is 10.4. The lowest BCUT2D eigenvalue weighted by Crippen LogP contribution is -2.29. The van der Waals surface area contributed by atoms with Crippen LogP contribution in [-0.2, 0) is 4.74 Å². The highest BCUT2D eigenvalue weighted by Gasteiger charge is 2.13. The van der Waals surface area contributed by atoms with Gasteiger partial charge in [-0.05, 0) is 12.5 Å². The summed E-state index contributed by atoms with van der Waals surface area (Å²) >= 11 is 0. The van der Waals surface area contributed by atoms with E-state index in [-0.39, 0.29) is 11.9 Å². The molecule has 14 heavy (non-hydrogen) atoms. The standard InChI is InChI=1S/C9H14FN3O/c1-14-5-3-9(13-11)7-2-4-12-6-8(7)10/h2,4,6,9,13H,3,5,11H2,1H3. The highest BCUT2D eigenvalue weighted by atomic mass is 19.1. The van der Waals surface area contributed by atoms with E-state index >= 15 is 0 Å². The van der Waals surface area contributed by atoms with Gasteiger partial charge in [-0.3, -0.25) is 16.3 Å². The molecule has 0 aliphatic carbocycles. The fourth-order valence-electron chi connectivity index (χ4n) is 1.23. The molecule has 1 aromatic rings. The van der Waals surface area contributed by atoms with Gasteiger partial charge < -0.3 is 4.74 Å². The molecule has 0 aliphatic heterocycles. The zero-order valence-corrected chi connectivity index (χ0v) is 8.03. The molecule has 0 aliphatic rings. The van der Waals surface area contributed by atoms with Crippen LogP contribution in [0.5, 0.6) is 0 Å². The van der Waals surface area contributed by atoms with Crippen LogP contribution < -0.4 is 11.3 Å². The van der Waals surface area contributed by atoms with Crippen LogP contribution in [0.15, 0.2) is 18.5 Å². The third-order valence-electron chi connectivity index (χ3n) is 1.99. The van der Waals surface area contributed by atoms with E-state index in [0.717, 1.165) is 0 Å². The van der Waals surface area contributed by atoms with Crippen molar-refractivity contribution in [3.05, 3.63) is 29.8 Å². The number of hydrogen-bond acceptors (Lipinski definition) is 4. The van der Waals surface area contributed by atoms with Gasteiger partial charge in [0.15, 0.2) is 0 Å². The van der Waals surface area contributed by atoms with Gasteiger partial charge in [-0.25, -0.2) is 4.39 Å². The largest absolute Gasteiger partial charge is 0.385 e. The second kappa shape index (κ2) is 5.64. The van der Waals surface area contributed by atoms with Crippen molar-refractivity contribution in [2.24, 2.45) is 5.84 Å². The van der Waals surface area contributed by atoms with Crippen molar-refractivity contribution in [1.82, 2.24) is 10.4 Å². The summed E-state index contributed by atoms with van der Waals surface area (Å²) in [6, 6.07) is 1.37. The van der Waals surface area contributed by atoms with Crippen molar-refractivity contribution in [2.45, 2.75) is 12.5 Å². The molecule has 0 saturated carbocycles. The minimum absolute atomic E-state index is 0.238. The molecule has 0 radical (unpaired) electrons. The van der Waals surface area contributed by atoms with Crippen molar-refractivity contribution in [3.63, 3.8) is 0 Å². The molecule has 1 unspecified atom stereocenters. The van der Waals surface area contributed by atoms with Gasteiger partial charge >= 0.3 is 0 Å². The summed E-state index contributed by atoms with van der Waals surface area (Å²) in [5.74, 6) is 4.97. The van der Waals surface area contributed by atoms with E-state index in [4.69, 9.17) is 10.6 Å². The summed E-state index contributed by atoms with van der Waals surface area (Å²) in [5, 5.41) is 0. The first kappa shape index (κ1) is 11.0. The molecule has 1 heterocycles. The summed E-state index contributed by atoms with van der Waals surface area (Å²) < 4.78 is 18.2. The molecular formula is C9H14FN3O. The van der Waals surface area contributed by atoms with Crippen molar-refractivity contribution in [1.29, 1.82) is 0 Å². The van der Waals surface area contributed by atoms with Gasteiger partial charge in [0.05, 0.1) is 12.2 Å². The number of pyridine rings is 1. The first-order chi connectivity index (χ1) is 6.79. The molecule has 78 valence electrons. The number of nitrogens with zero attached hydrogens (tertiary/aromatic N) is 1. The average Bonchev–Trinajstić information content (AvgIpc) is 2.21. The van der Waals surface area contributed by atoms with Gasteiger partial charge in [0.2, 0.25) is 0 Å². The van der Waals surface area contributed by atoms with Gasteiger partial charge in [0.1, 0.15) is 5.82 Å². The van der Waals surface area contributed by atoms with E-state index in [1.807, 2.05) is 0 Å². The van der Waals surface area contributed by atoms with Crippen LogP contribution in [0.3, 0.4) is 0 Å². The van der Waals surface area contributed by atoms with Gasteiger partial charge in [-0.2, -0.15) is 0 Å². The van der Waals surface area contributed by atoms with Crippen LogP contribution in [0, 0.1) is 5.82 Å². The van der Waals surface area contributed by atoms with Crippen LogP contribution >= 0.6 is 0 Å². The fourth-order valence-corrected chi connectivity index (χ4v) is 1.23. The van der Waals surface area contributed by atoms with E-state index in [2.05, 4.69) is 10.4 Å². The third kappa shape index (κ3) is 2.73. The maximum absolute atomic E-state index is 13.3. The maximum Gasteiger partial charge on any atom is 0.146 e. The summed E-state index contributed by atoms with van der Waals surface area (Å²) in [5.41, 5.74) is 3.06.